The van der Waals surface area contributed by atoms with E-state index < -0.39 is 0 Å². The first-order valence-corrected chi connectivity index (χ1v) is 2.41. The topological polar surface area (TPSA) is 17.1 Å². The molecule has 0 bridgehead atoms. The Balaban J connectivity index is 0. The van der Waals surface area contributed by atoms with Gasteiger partial charge in [0.1, 0.15) is 0 Å². The third kappa shape index (κ3) is 9.66. The molecule has 0 aliphatic carbocycles. The van der Waals surface area contributed by atoms with Crippen molar-refractivity contribution in [1.29, 1.82) is 0 Å². The summed E-state index contributed by atoms with van der Waals surface area (Å²) in [6.45, 7) is 6.04. The van der Waals surface area contributed by atoms with Gasteiger partial charge < -0.3 is 0 Å². The van der Waals surface area contributed by atoms with Crippen molar-refractivity contribution in [2.75, 3.05) is 0 Å². The monoisotopic (exact) mass is 125 g/mol. The molecule has 8 heavy (non-hydrogen) atoms. The van der Waals surface area contributed by atoms with Crippen LogP contribution in [0, 0.1) is 5.41 Å². The van der Waals surface area contributed by atoms with Crippen LogP contribution in [0.5, 0.6) is 0 Å². The molecule has 0 aromatic carbocycles. The fourth-order valence-electron chi connectivity index (χ4n) is 0.217. The van der Waals surface area contributed by atoms with Crippen molar-refractivity contribution in [2.24, 2.45) is 5.41 Å². The molecular formula is C6H13MgO. The zero-order chi connectivity index (χ0) is 5.91. The Kier molecular flexibility index (Phi) is 6.09. The van der Waals surface area contributed by atoms with Crippen LogP contribution in [-0.2, 0) is 4.79 Å². The maximum atomic E-state index is 9.70. The second kappa shape index (κ2) is 4.33. The quantitative estimate of drug-likeness (QED) is 0.470. The maximum absolute atomic E-state index is 9.70. The Morgan fingerprint density at radius 1 is 1.38 bits per heavy atom. The number of hydrogen-bond donors (Lipinski definition) is 0. The van der Waals surface area contributed by atoms with Crippen LogP contribution in [0.4, 0.5) is 0 Å². The zero-order valence-corrected chi connectivity index (χ0v) is 5.12. The molecule has 1 radical (unpaired) electrons. The smallest absolute Gasteiger partial charge is 0.291 e. The van der Waals surface area contributed by atoms with Crippen LogP contribution in [0.3, 0.4) is 0 Å². The van der Waals surface area contributed by atoms with E-state index >= 15 is 0 Å². The molecule has 0 aromatic heterocycles. The standard InChI is InChI=1S/C6H11O.Mg.2H/c1-6(2,3)4-5-7;;;/h4H2,1-3H3;;;. The van der Waals surface area contributed by atoms with Crippen LogP contribution in [-0.4, -0.2) is 29.3 Å². The van der Waals surface area contributed by atoms with Crippen molar-refractivity contribution in [1.82, 2.24) is 0 Å². The Morgan fingerprint density at radius 2 is 1.75 bits per heavy atom. The van der Waals surface area contributed by atoms with Gasteiger partial charge >= 0.3 is 23.1 Å². The molecule has 0 rings (SSSR count). The van der Waals surface area contributed by atoms with Gasteiger partial charge in [0, 0.05) is 6.42 Å². The highest BCUT2D eigenvalue weighted by Gasteiger charge is 2.07. The minimum Gasteiger partial charge on any atom is -0.291 e. The van der Waals surface area contributed by atoms with Gasteiger partial charge in [0.05, 0.1) is 0 Å². The molecule has 0 aromatic rings. The summed E-state index contributed by atoms with van der Waals surface area (Å²) in [7, 11) is 0. The third-order valence-corrected chi connectivity index (χ3v) is 0.602. The normalized spacial score (nSPS) is 9.88. The van der Waals surface area contributed by atoms with Crippen molar-refractivity contribution in [3.05, 3.63) is 0 Å². The lowest BCUT2D eigenvalue weighted by Crippen LogP contribution is -2.04. The van der Waals surface area contributed by atoms with Gasteiger partial charge in [-0.2, -0.15) is 0 Å². The van der Waals surface area contributed by atoms with Gasteiger partial charge in [-0.1, -0.05) is 20.8 Å². The predicted molar refractivity (Wildman–Crippen MR) is 38.3 cm³/mol. The molecular weight excluding hydrogens is 112 g/mol. The minimum absolute atomic E-state index is 0. The summed E-state index contributed by atoms with van der Waals surface area (Å²) in [6.07, 6.45) is 2.39. The van der Waals surface area contributed by atoms with E-state index in [4.69, 9.17) is 0 Å². The van der Waals surface area contributed by atoms with Crippen molar-refractivity contribution < 1.29 is 4.79 Å². The fourth-order valence-corrected chi connectivity index (χ4v) is 0.217. The van der Waals surface area contributed by atoms with Gasteiger partial charge in [0.15, 0.2) is 6.29 Å². The van der Waals surface area contributed by atoms with Crippen LogP contribution >= 0.6 is 0 Å². The van der Waals surface area contributed by atoms with E-state index in [0.29, 0.717) is 6.42 Å². The lowest BCUT2D eigenvalue weighted by atomic mass is 9.93. The average molecular weight is 125 g/mol. The van der Waals surface area contributed by atoms with Crippen molar-refractivity contribution in [3.8, 4) is 0 Å². The van der Waals surface area contributed by atoms with E-state index in [2.05, 4.69) is 0 Å². The molecule has 0 aliphatic heterocycles. The van der Waals surface area contributed by atoms with Gasteiger partial charge in [-0.3, -0.25) is 4.79 Å². The number of hydrogen-bond acceptors (Lipinski definition) is 1. The third-order valence-electron chi connectivity index (χ3n) is 0.602. The largest absolute Gasteiger partial charge is 0.316 e. The SMILES string of the molecule is CC(C)(C)C[C]=O.[MgH2]. The van der Waals surface area contributed by atoms with Gasteiger partial charge in [0.2, 0.25) is 0 Å². The van der Waals surface area contributed by atoms with Crippen LogP contribution in [0.2, 0.25) is 0 Å². The van der Waals surface area contributed by atoms with Crippen LogP contribution in [0.15, 0.2) is 0 Å². The molecule has 0 fully saturated rings. The first kappa shape index (κ1) is 11.3. The highest BCUT2D eigenvalue weighted by molar-refractivity contribution is 5.75. The summed E-state index contributed by atoms with van der Waals surface area (Å²) in [5, 5.41) is 0. The molecule has 0 unspecified atom stereocenters. The lowest BCUT2D eigenvalue weighted by molar-refractivity contribution is 0.417. The molecule has 0 saturated carbocycles. The van der Waals surface area contributed by atoms with Gasteiger partial charge in [0.25, 0.3) is 0 Å². The molecule has 0 saturated heterocycles. The van der Waals surface area contributed by atoms with Gasteiger partial charge in [-0.05, 0) is 5.41 Å². The Bertz CT molecular complexity index is 63.4. The van der Waals surface area contributed by atoms with E-state index in [9.17, 15) is 4.79 Å². The molecule has 45 valence electrons. The second-order valence-electron chi connectivity index (χ2n) is 2.88. The number of rotatable bonds is 1. The molecule has 0 N–H and O–H groups in total. The molecule has 1 nitrogen and oxygen atoms in total. The van der Waals surface area contributed by atoms with Crippen LogP contribution < -0.4 is 0 Å². The van der Waals surface area contributed by atoms with Crippen molar-refractivity contribution in [2.45, 2.75) is 27.2 Å². The maximum Gasteiger partial charge on any atom is 0.316 e. The molecule has 0 spiro atoms. The molecule has 2 heteroatoms. The van der Waals surface area contributed by atoms with Crippen LogP contribution in [0.25, 0.3) is 0 Å². The minimum atomic E-state index is 0. The summed E-state index contributed by atoms with van der Waals surface area (Å²) < 4.78 is 0. The summed E-state index contributed by atoms with van der Waals surface area (Å²) in [6, 6.07) is 0. The Morgan fingerprint density at radius 3 is 1.75 bits per heavy atom. The summed E-state index contributed by atoms with van der Waals surface area (Å²) in [4.78, 5) is 9.70. The molecule has 0 atom stereocenters. The zero-order valence-electron chi connectivity index (χ0n) is 5.12. The molecule has 0 amide bonds. The predicted octanol–water partition coefficient (Wildman–Crippen LogP) is 0.616. The van der Waals surface area contributed by atoms with Crippen molar-refractivity contribution in [3.63, 3.8) is 0 Å². The fraction of sp³-hybridized carbons (Fsp3) is 0.833. The lowest BCUT2D eigenvalue weighted by Gasteiger charge is -2.11. The van der Waals surface area contributed by atoms with Crippen LogP contribution in [0.1, 0.15) is 27.2 Å². The number of carbonyl (C=O) groups excluding carboxylic acids is 1. The molecule has 0 heterocycles. The Hall–Kier alpha value is 0.436. The average Bonchev–Trinajstić information content (AvgIpc) is 1.30. The Labute approximate surface area is 67.0 Å². The summed E-state index contributed by atoms with van der Waals surface area (Å²) in [5.74, 6) is 0. The van der Waals surface area contributed by atoms with E-state index in [0.717, 1.165) is 0 Å². The van der Waals surface area contributed by atoms with Gasteiger partial charge in [-0.15, -0.1) is 0 Å². The first-order chi connectivity index (χ1) is 3.06. The summed E-state index contributed by atoms with van der Waals surface area (Å²) >= 11 is 0. The second-order valence-corrected chi connectivity index (χ2v) is 2.88. The van der Waals surface area contributed by atoms with E-state index in [-0.39, 0.29) is 28.5 Å². The van der Waals surface area contributed by atoms with E-state index in [1.165, 1.54) is 0 Å². The highest BCUT2D eigenvalue weighted by atomic mass is 24.3. The van der Waals surface area contributed by atoms with Crippen molar-refractivity contribution >= 4 is 29.3 Å². The van der Waals surface area contributed by atoms with E-state index in [1.54, 1.807) is 0 Å². The van der Waals surface area contributed by atoms with Gasteiger partial charge in [-0.25, -0.2) is 0 Å². The molecule has 0 aliphatic rings. The summed E-state index contributed by atoms with van der Waals surface area (Å²) in [5.41, 5.74) is 0.127. The highest BCUT2D eigenvalue weighted by Crippen LogP contribution is 2.15. The first-order valence-electron chi connectivity index (χ1n) is 2.41. The van der Waals surface area contributed by atoms with E-state index in [1.807, 2.05) is 27.1 Å².